The van der Waals surface area contributed by atoms with E-state index in [1.165, 1.54) is 48.5 Å². The number of carbonyl (C=O) groups is 2. The highest BCUT2D eigenvalue weighted by molar-refractivity contribution is 5.93. The third-order valence-corrected chi connectivity index (χ3v) is 4.93. The minimum atomic E-state index is -1.57. The van der Waals surface area contributed by atoms with E-state index in [-0.39, 0.29) is 23.5 Å². The summed E-state index contributed by atoms with van der Waals surface area (Å²) in [7, 11) is 0. The Labute approximate surface area is 168 Å². The van der Waals surface area contributed by atoms with E-state index in [1.54, 1.807) is 0 Å². The molecule has 1 atom stereocenters. The molecular weight excluding hydrogens is 398 g/mol. The lowest BCUT2D eigenvalue weighted by Gasteiger charge is -2.40. The first-order valence-corrected chi connectivity index (χ1v) is 8.60. The molecule has 0 aliphatic carbocycles. The van der Waals surface area contributed by atoms with Gasteiger partial charge in [0.15, 0.2) is 0 Å². The Morgan fingerprint density at radius 2 is 1.33 bits per heavy atom. The number of carboxylic acid groups (broad SMARTS) is 2. The van der Waals surface area contributed by atoms with Crippen LogP contribution < -0.4 is 5.32 Å². The van der Waals surface area contributed by atoms with Gasteiger partial charge in [0.25, 0.3) is 11.4 Å². The van der Waals surface area contributed by atoms with Gasteiger partial charge in [-0.15, -0.1) is 0 Å². The van der Waals surface area contributed by atoms with Crippen LogP contribution >= 0.6 is 0 Å². The first-order chi connectivity index (χ1) is 14.2. The molecule has 0 fully saturated rings. The zero-order valence-corrected chi connectivity index (χ0v) is 15.2. The Bertz CT molecular complexity index is 1000. The lowest BCUT2D eigenvalue weighted by molar-refractivity contribution is -0.385. The molecule has 0 aromatic heterocycles. The number of carboxylic acids is 2. The minimum absolute atomic E-state index is 0.125. The normalized spacial score (nSPS) is 17.6. The van der Waals surface area contributed by atoms with E-state index in [2.05, 4.69) is 5.32 Å². The molecule has 0 saturated heterocycles. The van der Waals surface area contributed by atoms with Crippen molar-refractivity contribution in [2.24, 2.45) is 5.92 Å². The van der Waals surface area contributed by atoms with Crippen LogP contribution in [0.15, 0.2) is 60.2 Å². The first kappa shape index (κ1) is 20.6. The zero-order valence-electron chi connectivity index (χ0n) is 15.2. The Kier molecular flexibility index (Phi) is 5.30. The van der Waals surface area contributed by atoms with E-state index in [4.69, 9.17) is 0 Å². The van der Waals surface area contributed by atoms with Gasteiger partial charge in [-0.05, 0) is 35.4 Å². The van der Waals surface area contributed by atoms with Crippen molar-refractivity contribution in [2.75, 3.05) is 6.54 Å². The molecule has 2 aromatic rings. The molecule has 0 amide bonds. The smallest absolute Gasteiger partial charge is 0.333 e. The molecule has 1 aliphatic rings. The lowest BCUT2D eigenvalue weighted by atomic mass is 9.73. The van der Waals surface area contributed by atoms with Crippen molar-refractivity contribution in [3.05, 3.63) is 91.5 Å². The monoisotopic (exact) mass is 413 g/mol. The summed E-state index contributed by atoms with van der Waals surface area (Å²) in [4.78, 5) is 44.3. The summed E-state index contributed by atoms with van der Waals surface area (Å²) in [6.45, 7) is -0.125. The number of nitrogens with zero attached hydrogens (tertiary/aromatic N) is 2. The fourth-order valence-electron chi connectivity index (χ4n) is 3.48. The Morgan fingerprint density at radius 3 is 1.67 bits per heavy atom. The Balaban J connectivity index is 2.26. The summed E-state index contributed by atoms with van der Waals surface area (Å²) in [5.41, 5.74) is -1.68. The molecule has 0 radical (unpaired) electrons. The fourth-order valence-corrected chi connectivity index (χ4v) is 3.48. The molecular formula is C19H15N3O8. The average molecular weight is 413 g/mol. The molecule has 30 heavy (non-hydrogen) atoms. The van der Waals surface area contributed by atoms with Gasteiger partial charge < -0.3 is 10.2 Å². The first-order valence-electron chi connectivity index (χ1n) is 8.60. The number of nitrogens with one attached hydrogen (secondary N) is 1. The molecule has 154 valence electrons. The largest absolute Gasteiger partial charge is 0.481 e. The molecule has 3 rings (SSSR count). The van der Waals surface area contributed by atoms with Crippen molar-refractivity contribution in [2.45, 2.75) is 5.54 Å². The minimum Gasteiger partial charge on any atom is -0.481 e. The highest BCUT2D eigenvalue weighted by Gasteiger charge is 2.45. The van der Waals surface area contributed by atoms with Crippen molar-refractivity contribution >= 4 is 23.3 Å². The van der Waals surface area contributed by atoms with Gasteiger partial charge in [0.2, 0.25) is 0 Å². The van der Waals surface area contributed by atoms with Crippen LogP contribution in [-0.2, 0) is 15.1 Å². The maximum Gasteiger partial charge on any atom is 0.333 e. The third kappa shape index (κ3) is 3.49. The molecule has 2 aromatic carbocycles. The van der Waals surface area contributed by atoms with Crippen LogP contribution in [0, 0.1) is 26.1 Å². The molecule has 1 aliphatic heterocycles. The van der Waals surface area contributed by atoms with Crippen LogP contribution in [0.2, 0.25) is 0 Å². The fraction of sp³-hybridized carbons (Fsp3) is 0.158. The summed E-state index contributed by atoms with van der Waals surface area (Å²) in [5, 5.41) is 44.1. The van der Waals surface area contributed by atoms with Gasteiger partial charge in [-0.3, -0.25) is 30.3 Å². The van der Waals surface area contributed by atoms with E-state index in [0.29, 0.717) is 11.1 Å². The van der Waals surface area contributed by atoms with Gasteiger partial charge >= 0.3 is 11.9 Å². The lowest BCUT2D eigenvalue weighted by Crippen LogP contribution is -2.53. The van der Waals surface area contributed by atoms with E-state index >= 15 is 0 Å². The number of nitro groups is 2. The molecule has 1 unspecified atom stereocenters. The van der Waals surface area contributed by atoms with Gasteiger partial charge in [0.1, 0.15) is 5.54 Å². The summed E-state index contributed by atoms with van der Waals surface area (Å²) in [5.74, 6) is -3.73. The van der Waals surface area contributed by atoms with Crippen LogP contribution in [0.1, 0.15) is 11.1 Å². The average Bonchev–Trinajstić information content (AvgIpc) is 2.73. The molecule has 1 heterocycles. The standard InChI is InChI=1S/C19H15N3O8/c23-17(24)11-9-16(18(25)26)19(20-10-11,12-1-5-14(6-2-12)21(27)28)13-3-7-15(8-4-13)22(29)30/h1-9,11,20H,10H2,(H,23,24)(H,25,26). The van der Waals surface area contributed by atoms with E-state index in [1.807, 2.05) is 0 Å². The predicted octanol–water partition coefficient (Wildman–Crippen LogP) is 2.06. The quantitative estimate of drug-likeness (QED) is 0.473. The van der Waals surface area contributed by atoms with Crippen LogP contribution in [-0.4, -0.2) is 38.5 Å². The molecule has 0 saturated carbocycles. The van der Waals surface area contributed by atoms with Gasteiger partial charge in [0.05, 0.1) is 21.3 Å². The van der Waals surface area contributed by atoms with Crippen molar-refractivity contribution in [1.82, 2.24) is 5.32 Å². The number of non-ortho nitro benzene ring substituents is 2. The number of hydrogen-bond donors (Lipinski definition) is 3. The number of hydrogen-bond acceptors (Lipinski definition) is 7. The van der Waals surface area contributed by atoms with Gasteiger partial charge in [-0.25, -0.2) is 4.79 Å². The van der Waals surface area contributed by atoms with Gasteiger partial charge in [-0.2, -0.15) is 0 Å². The van der Waals surface area contributed by atoms with Crippen molar-refractivity contribution in [1.29, 1.82) is 0 Å². The van der Waals surface area contributed by atoms with Crippen LogP contribution in [0.3, 0.4) is 0 Å². The number of benzene rings is 2. The van der Waals surface area contributed by atoms with Gasteiger partial charge in [0, 0.05) is 30.8 Å². The molecule has 0 spiro atoms. The van der Waals surface area contributed by atoms with Crippen molar-refractivity contribution in [3.8, 4) is 0 Å². The summed E-state index contributed by atoms with van der Waals surface area (Å²) in [6, 6.07) is 10.3. The predicted molar refractivity (Wildman–Crippen MR) is 102 cm³/mol. The summed E-state index contributed by atoms with van der Waals surface area (Å²) < 4.78 is 0. The second-order valence-corrected chi connectivity index (χ2v) is 6.57. The van der Waals surface area contributed by atoms with E-state index in [9.17, 15) is 40.0 Å². The van der Waals surface area contributed by atoms with Crippen molar-refractivity contribution < 1.29 is 29.6 Å². The number of rotatable bonds is 6. The molecule has 3 N–H and O–H groups in total. The number of aliphatic carboxylic acids is 2. The van der Waals surface area contributed by atoms with Gasteiger partial charge in [-0.1, -0.05) is 6.08 Å². The van der Waals surface area contributed by atoms with Crippen LogP contribution in [0.4, 0.5) is 11.4 Å². The van der Waals surface area contributed by atoms with Crippen LogP contribution in [0.25, 0.3) is 0 Å². The SMILES string of the molecule is O=C(O)C1=CC(C(=O)O)CNC1(c1ccc([N+](=O)[O-])cc1)c1ccc([N+](=O)[O-])cc1. The maximum absolute atomic E-state index is 12.1. The van der Waals surface area contributed by atoms with E-state index in [0.717, 1.165) is 6.08 Å². The maximum atomic E-state index is 12.1. The summed E-state index contributed by atoms with van der Waals surface area (Å²) in [6.07, 6.45) is 1.12. The summed E-state index contributed by atoms with van der Waals surface area (Å²) >= 11 is 0. The second-order valence-electron chi connectivity index (χ2n) is 6.57. The molecule has 11 nitrogen and oxygen atoms in total. The highest BCUT2D eigenvalue weighted by atomic mass is 16.6. The topological polar surface area (TPSA) is 173 Å². The molecule has 11 heteroatoms. The Hall–Kier alpha value is -4.12. The zero-order chi connectivity index (χ0) is 22.1. The molecule has 0 bridgehead atoms. The third-order valence-electron chi connectivity index (χ3n) is 4.93. The van der Waals surface area contributed by atoms with Crippen molar-refractivity contribution in [3.63, 3.8) is 0 Å². The van der Waals surface area contributed by atoms with E-state index < -0.39 is 33.2 Å². The number of nitro benzene ring substituents is 2. The Morgan fingerprint density at radius 1 is 0.900 bits per heavy atom. The second kappa shape index (κ2) is 7.72. The van der Waals surface area contributed by atoms with Crippen LogP contribution in [0.5, 0.6) is 0 Å². The highest BCUT2D eigenvalue weighted by Crippen LogP contribution is 2.41.